The number of aromatic nitrogens is 3. The van der Waals surface area contributed by atoms with E-state index in [1.807, 2.05) is 0 Å². The van der Waals surface area contributed by atoms with Gasteiger partial charge in [0.05, 0.1) is 6.20 Å². The first-order valence-electron chi connectivity index (χ1n) is 7.20. The first-order chi connectivity index (χ1) is 11.1. The number of carbonyl (C=O) groups excluding carboxylic acids is 2. The molecule has 2 heterocycles. The topological polar surface area (TPSA) is 79.0 Å². The maximum Gasteiger partial charge on any atom is 0.276 e. The maximum atomic E-state index is 13.2. The molecule has 6 nitrogen and oxygen atoms in total. The van der Waals surface area contributed by atoms with E-state index in [9.17, 15) is 18.4 Å². The number of ketones is 1. The molecule has 1 amide bonds. The number of amides is 1. The number of H-pyrrole nitrogens is 1. The van der Waals surface area contributed by atoms with Crippen molar-refractivity contribution in [3.8, 4) is 0 Å². The first-order valence-corrected chi connectivity index (χ1v) is 7.20. The third-order valence-corrected chi connectivity index (χ3v) is 3.99. The van der Waals surface area contributed by atoms with Gasteiger partial charge in [0, 0.05) is 24.6 Å². The number of hydrogen-bond acceptors (Lipinski definition) is 4. The van der Waals surface area contributed by atoms with Crippen LogP contribution in [0.5, 0.6) is 0 Å². The van der Waals surface area contributed by atoms with E-state index in [0.29, 0.717) is 25.9 Å². The van der Waals surface area contributed by atoms with Crippen molar-refractivity contribution >= 4 is 11.7 Å². The Kier molecular flexibility index (Phi) is 4.14. The number of benzene rings is 1. The van der Waals surface area contributed by atoms with Crippen LogP contribution < -0.4 is 0 Å². The van der Waals surface area contributed by atoms with Crippen molar-refractivity contribution in [1.29, 1.82) is 0 Å². The zero-order chi connectivity index (χ0) is 16.4. The zero-order valence-corrected chi connectivity index (χ0v) is 12.1. The summed E-state index contributed by atoms with van der Waals surface area (Å²) in [5, 5.41) is 9.71. The molecular weight excluding hydrogens is 306 g/mol. The van der Waals surface area contributed by atoms with Gasteiger partial charge in [-0.3, -0.25) is 9.59 Å². The lowest BCUT2D eigenvalue weighted by molar-refractivity contribution is 0.0645. The van der Waals surface area contributed by atoms with Gasteiger partial charge in [-0.05, 0) is 31.0 Å². The van der Waals surface area contributed by atoms with Gasteiger partial charge in [0.15, 0.2) is 23.1 Å². The molecule has 1 aliphatic rings. The highest BCUT2D eigenvalue weighted by molar-refractivity contribution is 5.98. The first kappa shape index (κ1) is 15.3. The lowest BCUT2D eigenvalue weighted by atomic mass is 9.88. The molecule has 0 bridgehead atoms. The molecule has 0 aliphatic carbocycles. The molecule has 23 heavy (non-hydrogen) atoms. The normalized spacial score (nSPS) is 15.7. The number of aromatic amines is 1. The lowest BCUT2D eigenvalue weighted by Gasteiger charge is -2.30. The van der Waals surface area contributed by atoms with Crippen LogP contribution in [0, 0.1) is 17.6 Å². The van der Waals surface area contributed by atoms with Crippen molar-refractivity contribution in [3.63, 3.8) is 0 Å². The molecular formula is C15H14F2N4O2. The van der Waals surface area contributed by atoms with Gasteiger partial charge in [-0.25, -0.2) is 8.78 Å². The van der Waals surface area contributed by atoms with Crippen LogP contribution in [0.15, 0.2) is 24.4 Å². The van der Waals surface area contributed by atoms with Crippen molar-refractivity contribution < 1.29 is 18.4 Å². The number of hydrogen-bond donors (Lipinski definition) is 1. The van der Waals surface area contributed by atoms with E-state index < -0.39 is 11.6 Å². The van der Waals surface area contributed by atoms with Crippen LogP contribution in [0.4, 0.5) is 8.78 Å². The smallest absolute Gasteiger partial charge is 0.276 e. The lowest BCUT2D eigenvalue weighted by Crippen LogP contribution is -2.40. The number of likely N-dealkylation sites (tertiary alicyclic amines) is 1. The number of carbonyl (C=O) groups is 2. The molecule has 1 aromatic carbocycles. The van der Waals surface area contributed by atoms with Crippen molar-refractivity contribution in [3.05, 3.63) is 47.3 Å². The van der Waals surface area contributed by atoms with E-state index in [-0.39, 0.29) is 28.9 Å². The van der Waals surface area contributed by atoms with E-state index in [2.05, 4.69) is 15.4 Å². The Labute approximate surface area is 130 Å². The number of halogens is 2. The molecule has 1 aliphatic heterocycles. The summed E-state index contributed by atoms with van der Waals surface area (Å²) in [6.07, 6.45) is 2.30. The fraction of sp³-hybridized carbons (Fsp3) is 0.333. The molecule has 1 saturated heterocycles. The van der Waals surface area contributed by atoms with Gasteiger partial charge in [-0.1, -0.05) is 0 Å². The van der Waals surface area contributed by atoms with Crippen molar-refractivity contribution in [2.75, 3.05) is 13.1 Å². The Hall–Kier alpha value is -2.64. The van der Waals surface area contributed by atoms with Crippen LogP contribution >= 0.6 is 0 Å². The molecule has 120 valence electrons. The van der Waals surface area contributed by atoms with E-state index >= 15 is 0 Å². The number of nitrogens with zero attached hydrogens (tertiary/aromatic N) is 3. The SMILES string of the molecule is O=C(c1ccc(F)c(F)c1)C1CCN(C(=O)c2cn[nH]n2)CC1. The number of piperidine rings is 1. The Bertz CT molecular complexity index is 725. The van der Waals surface area contributed by atoms with Gasteiger partial charge >= 0.3 is 0 Å². The Morgan fingerprint density at radius 3 is 2.52 bits per heavy atom. The molecule has 8 heteroatoms. The van der Waals surface area contributed by atoms with Gasteiger partial charge in [-0.2, -0.15) is 15.4 Å². The van der Waals surface area contributed by atoms with E-state index in [1.54, 1.807) is 4.90 Å². The molecule has 0 spiro atoms. The summed E-state index contributed by atoms with van der Waals surface area (Å²) in [5.74, 6) is -2.78. The van der Waals surface area contributed by atoms with Gasteiger partial charge in [0.25, 0.3) is 5.91 Å². The number of rotatable bonds is 3. The summed E-state index contributed by atoms with van der Waals surface area (Å²) in [6, 6.07) is 3.16. The number of nitrogens with one attached hydrogen (secondary N) is 1. The van der Waals surface area contributed by atoms with Crippen LogP contribution in [0.2, 0.25) is 0 Å². The molecule has 0 saturated carbocycles. The quantitative estimate of drug-likeness (QED) is 0.875. The molecule has 1 N–H and O–H groups in total. The van der Waals surface area contributed by atoms with Gasteiger partial charge in [0.1, 0.15) is 0 Å². The summed E-state index contributed by atoms with van der Waals surface area (Å²) in [4.78, 5) is 26.1. The Balaban J connectivity index is 1.63. The summed E-state index contributed by atoms with van der Waals surface area (Å²) >= 11 is 0. The van der Waals surface area contributed by atoms with E-state index in [4.69, 9.17) is 0 Å². The minimum absolute atomic E-state index is 0.158. The highest BCUT2D eigenvalue weighted by Crippen LogP contribution is 2.23. The minimum Gasteiger partial charge on any atom is -0.337 e. The highest BCUT2D eigenvalue weighted by atomic mass is 19.2. The maximum absolute atomic E-state index is 13.2. The van der Waals surface area contributed by atoms with Crippen LogP contribution in [0.25, 0.3) is 0 Å². The van der Waals surface area contributed by atoms with Crippen LogP contribution in [0.1, 0.15) is 33.7 Å². The van der Waals surface area contributed by atoms with Crippen molar-refractivity contribution in [2.24, 2.45) is 5.92 Å². The highest BCUT2D eigenvalue weighted by Gasteiger charge is 2.29. The van der Waals surface area contributed by atoms with E-state index in [1.165, 1.54) is 12.3 Å². The average Bonchev–Trinajstić information content (AvgIpc) is 3.11. The molecule has 3 rings (SSSR count). The van der Waals surface area contributed by atoms with Crippen molar-refractivity contribution in [1.82, 2.24) is 20.3 Å². The Morgan fingerprint density at radius 2 is 1.91 bits per heavy atom. The van der Waals surface area contributed by atoms with Crippen LogP contribution in [-0.4, -0.2) is 45.1 Å². The second kappa shape index (κ2) is 6.23. The standard InChI is InChI=1S/C15H14F2N4O2/c16-11-2-1-10(7-12(11)17)14(22)9-3-5-21(6-4-9)15(23)13-8-18-20-19-13/h1-2,7-9H,3-6H2,(H,18,19,20). The zero-order valence-electron chi connectivity index (χ0n) is 12.1. The Morgan fingerprint density at radius 1 is 1.17 bits per heavy atom. The van der Waals surface area contributed by atoms with Gasteiger partial charge < -0.3 is 4.90 Å². The fourth-order valence-electron chi connectivity index (χ4n) is 2.70. The summed E-state index contributed by atoms with van der Waals surface area (Å²) in [7, 11) is 0. The minimum atomic E-state index is -1.03. The molecule has 1 fully saturated rings. The van der Waals surface area contributed by atoms with E-state index in [0.717, 1.165) is 12.1 Å². The van der Waals surface area contributed by atoms with Crippen LogP contribution in [-0.2, 0) is 0 Å². The predicted molar refractivity (Wildman–Crippen MR) is 75.7 cm³/mol. The molecule has 1 aromatic heterocycles. The second-order valence-electron chi connectivity index (χ2n) is 5.41. The summed E-state index contributed by atoms with van der Waals surface area (Å²) < 4.78 is 26.2. The van der Waals surface area contributed by atoms with Crippen LogP contribution in [0.3, 0.4) is 0 Å². The molecule has 0 atom stereocenters. The third-order valence-electron chi connectivity index (χ3n) is 3.99. The van der Waals surface area contributed by atoms with Gasteiger partial charge in [0.2, 0.25) is 0 Å². The van der Waals surface area contributed by atoms with Crippen molar-refractivity contribution in [2.45, 2.75) is 12.8 Å². The third kappa shape index (κ3) is 3.10. The molecule has 0 radical (unpaired) electrons. The summed E-state index contributed by atoms with van der Waals surface area (Å²) in [6.45, 7) is 0.817. The average molecular weight is 320 g/mol. The predicted octanol–water partition coefficient (Wildman–Crippen LogP) is 1.82. The molecule has 2 aromatic rings. The number of Topliss-reactive ketones (excluding diaryl/α,β-unsaturated/α-hetero) is 1. The largest absolute Gasteiger partial charge is 0.337 e. The molecule has 0 unspecified atom stereocenters. The second-order valence-corrected chi connectivity index (χ2v) is 5.41. The van der Waals surface area contributed by atoms with Gasteiger partial charge in [-0.15, -0.1) is 0 Å². The monoisotopic (exact) mass is 320 g/mol. The fourth-order valence-corrected chi connectivity index (χ4v) is 2.70. The summed E-state index contributed by atoms with van der Waals surface area (Å²) in [5.41, 5.74) is 0.389.